The largest absolute Gasteiger partial charge is 0.455 e. The highest BCUT2D eigenvalue weighted by molar-refractivity contribution is 5.12. The van der Waals surface area contributed by atoms with Crippen LogP contribution in [0.3, 0.4) is 0 Å². The Hall–Kier alpha value is -1.44. The molecule has 0 unspecified atom stereocenters. The Labute approximate surface area is 104 Å². The maximum Gasteiger partial charge on any atom is 0.302 e. The zero-order valence-corrected chi connectivity index (χ0v) is 10.2. The van der Waals surface area contributed by atoms with Gasteiger partial charge in [-0.05, 0) is 14.1 Å². The molecular weight excluding hydrogens is 238 g/mol. The average Bonchev–Trinajstić information content (AvgIpc) is 2.82. The third kappa shape index (κ3) is 1.55. The Morgan fingerprint density at radius 1 is 1.56 bits per heavy atom. The number of fused-ring (bicyclic) bond motifs is 3. The number of aliphatic hydroxyl groups is 1. The fourth-order valence-corrected chi connectivity index (χ4v) is 2.65. The van der Waals surface area contributed by atoms with Crippen LogP contribution in [0.15, 0.2) is 17.1 Å². The molecule has 1 aromatic heterocycles. The molecule has 0 amide bonds. The van der Waals surface area contributed by atoms with E-state index in [2.05, 4.69) is 4.98 Å². The van der Waals surface area contributed by atoms with Crippen LogP contribution in [0.1, 0.15) is 6.23 Å². The van der Waals surface area contributed by atoms with Crippen LogP contribution in [0, 0.1) is 0 Å². The quantitative estimate of drug-likeness (QED) is 0.715. The Morgan fingerprint density at radius 3 is 3.00 bits per heavy atom. The van der Waals surface area contributed by atoms with Gasteiger partial charge in [-0.2, -0.15) is 4.98 Å². The minimum atomic E-state index is -0.336. The number of likely N-dealkylation sites (N-methyl/N-ethyl adjacent to an activating group) is 1. The number of aliphatic hydroxyl groups excluding tert-OH is 1. The fourth-order valence-electron chi connectivity index (χ4n) is 2.65. The van der Waals surface area contributed by atoms with Crippen molar-refractivity contribution in [2.45, 2.75) is 24.5 Å². The van der Waals surface area contributed by atoms with E-state index in [1.165, 1.54) is 6.07 Å². The van der Waals surface area contributed by atoms with Gasteiger partial charge >= 0.3 is 6.01 Å². The van der Waals surface area contributed by atoms with Crippen LogP contribution in [-0.4, -0.2) is 58.5 Å². The maximum absolute atomic E-state index is 11.2. The average molecular weight is 253 g/mol. The summed E-state index contributed by atoms with van der Waals surface area (Å²) >= 11 is 0. The summed E-state index contributed by atoms with van der Waals surface area (Å²) in [5, 5.41) is 9.35. The number of nitrogens with zero attached hydrogens (tertiary/aromatic N) is 3. The van der Waals surface area contributed by atoms with Gasteiger partial charge in [-0.1, -0.05) is 0 Å². The van der Waals surface area contributed by atoms with Crippen LogP contribution in [0.5, 0.6) is 6.01 Å². The molecule has 2 aliphatic rings. The van der Waals surface area contributed by atoms with Crippen molar-refractivity contribution in [2.75, 3.05) is 20.7 Å². The molecule has 2 aliphatic heterocycles. The summed E-state index contributed by atoms with van der Waals surface area (Å²) in [4.78, 5) is 16.9. The SMILES string of the molecule is CN(C)[C@H]1[C@@H]2Oc3nc(=O)ccn3[C@@H]2O[C@@H]1CO. The first-order valence-electron chi connectivity index (χ1n) is 5.80. The van der Waals surface area contributed by atoms with Gasteiger partial charge < -0.3 is 19.5 Å². The summed E-state index contributed by atoms with van der Waals surface area (Å²) in [6, 6.07) is 1.58. The maximum atomic E-state index is 11.2. The zero-order chi connectivity index (χ0) is 12.9. The number of aromatic nitrogens is 2. The zero-order valence-electron chi connectivity index (χ0n) is 10.2. The molecule has 0 bridgehead atoms. The van der Waals surface area contributed by atoms with E-state index in [0.717, 1.165) is 0 Å². The molecule has 7 heteroatoms. The molecule has 4 atom stereocenters. The molecule has 3 heterocycles. The van der Waals surface area contributed by atoms with Crippen molar-refractivity contribution in [3.8, 4) is 6.01 Å². The van der Waals surface area contributed by atoms with Crippen molar-refractivity contribution < 1.29 is 14.6 Å². The van der Waals surface area contributed by atoms with Gasteiger partial charge in [0.25, 0.3) is 5.56 Å². The molecule has 0 spiro atoms. The first-order chi connectivity index (χ1) is 8.61. The predicted octanol–water partition coefficient (Wildman–Crippen LogP) is -1.18. The minimum Gasteiger partial charge on any atom is -0.455 e. The molecule has 1 N–H and O–H groups in total. The number of ether oxygens (including phenoxy) is 2. The summed E-state index contributed by atoms with van der Waals surface area (Å²) in [6.07, 6.45) is 0.716. The van der Waals surface area contributed by atoms with Crippen molar-refractivity contribution in [1.82, 2.24) is 14.5 Å². The highest BCUT2D eigenvalue weighted by atomic mass is 16.6. The van der Waals surface area contributed by atoms with Crippen molar-refractivity contribution in [3.63, 3.8) is 0 Å². The van der Waals surface area contributed by atoms with Crippen LogP contribution in [0.4, 0.5) is 0 Å². The van der Waals surface area contributed by atoms with Crippen LogP contribution in [0.2, 0.25) is 0 Å². The Balaban J connectivity index is 1.97. The first-order valence-corrected chi connectivity index (χ1v) is 5.80. The van der Waals surface area contributed by atoms with Crippen molar-refractivity contribution in [1.29, 1.82) is 0 Å². The molecular formula is C11H15N3O4. The number of hydrogen-bond acceptors (Lipinski definition) is 6. The van der Waals surface area contributed by atoms with Gasteiger partial charge in [0.05, 0.1) is 12.6 Å². The van der Waals surface area contributed by atoms with E-state index < -0.39 is 0 Å². The smallest absolute Gasteiger partial charge is 0.302 e. The monoisotopic (exact) mass is 253 g/mol. The topological polar surface area (TPSA) is 76.8 Å². The summed E-state index contributed by atoms with van der Waals surface area (Å²) in [5.74, 6) is 0. The number of hydrogen-bond donors (Lipinski definition) is 1. The lowest BCUT2D eigenvalue weighted by Crippen LogP contribution is -2.46. The third-order valence-electron chi connectivity index (χ3n) is 3.41. The lowest BCUT2D eigenvalue weighted by atomic mass is 10.1. The van der Waals surface area contributed by atoms with E-state index in [-0.39, 0.29) is 42.7 Å². The van der Waals surface area contributed by atoms with Crippen molar-refractivity contribution in [2.24, 2.45) is 0 Å². The standard InChI is InChI=1S/C11H15N3O4/c1-13(2)8-6(5-15)17-10-9(8)18-11-12-7(16)3-4-14(10)11/h3-4,6,8-10,15H,5H2,1-2H3/t6-,8-,9+,10-/m1/s1. The molecule has 98 valence electrons. The Bertz CT molecular complexity index is 515. The van der Waals surface area contributed by atoms with E-state index in [0.29, 0.717) is 0 Å². The van der Waals surface area contributed by atoms with Gasteiger partial charge in [0.1, 0.15) is 6.10 Å². The predicted molar refractivity (Wildman–Crippen MR) is 61.4 cm³/mol. The summed E-state index contributed by atoms with van der Waals surface area (Å²) < 4.78 is 13.2. The highest BCUT2D eigenvalue weighted by Crippen LogP contribution is 2.40. The minimum absolute atomic E-state index is 0.0673. The highest BCUT2D eigenvalue weighted by Gasteiger charge is 2.52. The van der Waals surface area contributed by atoms with Gasteiger partial charge in [0, 0.05) is 12.3 Å². The number of rotatable bonds is 2. The summed E-state index contributed by atoms with van der Waals surface area (Å²) in [7, 11) is 3.81. The van der Waals surface area contributed by atoms with Gasteiger partial charge in [0.2, 0.25) is 0 Å². The molecule has 0 saturated carbocycles. The van der Waals surface area contributed by atoms with Crippen molar-refractivity contribution >= 4 is 0 Å². The molecule has 0 radical (unpaired) electrons. The van der Waals surface area contributed by atoms with Crippen LogP contribution in [0.25, 0.3) is 0 Å². The Kier molecular flexibility index (Phi) is 2.61. The van der Waals surface area contributed by atoms with Gasteiger partial charge in [-0.3, -0.25) is 9.36 Å². The van der Waals surface area contributed by atoms with Gasteiger partial charge in [-0.15, -0.1) is 0 Å². The normalized spacial score (nSPS) is 33.3. The van der Waals surface area contributed by atoms with Gasteiger partial charge in [0.15, 0.2) is 12.3 Å². The molecule has 1 saturated heterocycles. The lowest BCUT2D eigenvalue weighted by Gasteiger charge is -2.26. The molecule has 0 aromatic carbocycles. The summed E-state index contributed by atoms with van der Waals surface area (Å²) in [5.41, 5.74) is -0.332. The van der Waals surface area contributed by atoms with E-state index in [1.54, 1.807) is 10.8 Å². The second kappa shape index (κ2) is 4.04. The van der Waals surface area contributed by atoms with Crippen molar-refractivity contribution in [3.05, 3.63) is 22.6 Å². The molecule has 1 aromatic rings. The lowest BCUT2D eigenvalue weighted by molar-refractivity contribution is -0.0329. The second-order valence-electron chi connectivity index (χ2n) is 4.74. The molecule has 1 fully saturated rings. The second-order valence-corrected chi connectivity index (χ2v) is 4.74. The van der Waals surface area contributed by atoms with Crippen LogP contribution in [-0.2, 0) is 4.74 Å². The summed E-state index contributed by atoms with van der Waals surface area (Å²) in [6.45, 7) is -0.0673. The van der Waals surface area contributed by atoms with E-state index >= 15 is 0 Å². The first kappa shape index (κ1) is 11.6. The fraction of sp³-hybridized carbons (Fsp3) is 0.636. The molecule has 3 rings (SSSR count). The van der Waals surface area contributed by atoms with Crippen LogP contribution < -0.4 is 10.3 Å². The molecule has 7 nitrogen and oxygen atoms in total. The molecule has 0 aliphatic carbocycles. The molecule has 18 heavy (non-hydrogen) atoms. The van der Waals surface area contributed by atoms with E-state index in [4.69, 9.17) is 9.47 Å². The van der Waals surface area contributed by atoms with E-state index in [9.17, 15) is 9.90 Å². The third-order valence-corrected chi connectivity index (χ3v) is 3.41. The Morgan fingerprint density at radius 2 is 2.33 bits per heavy atom. The van der Waals surface area contributed by atoms with E-state index in [1.807, 2.05) is 19.0 Å². The van der Waals surface area contributed by atoms with Gasteiger partial charge in [-0.25, -0.2) is 0 Å². The van der Waals surface area contributed by atoms with Crippen LogP contribution >= 0.6 is 0 Å².